The lowest BCUT2D eigenvalue weighted by atomic mass is 10.1. The van der Waals surface area contributed by atoms with Gasteiger partial charge in [-0.15, -0.1) is 0 Å². The van der Waals surface area contributed by atoms with Gasteiger partial charge in [-0.05, 0) is 33.6 Å². The van der Waals surface area contributed by atoms with E-state index in [0.717, 1.165) is 16.9 Å². The maximum Gasteiger partial charge on any atom is 0.231 e. The van der Waals surface area contributed by atoms with Gasteiger partial charge in [-0.2, -0.15) is 0 Å². The fraction of sp³-hybridized carbons (Fsp3) is 0.100. The van der Waals surface area contributed by atoms with Crippen molar-refractivity contribution in [2.45, 2.75) is 0 Å². The van der Waals surface area contributed by atoms with Crippen molar-refractivity contribution in [3.05, 3.63) is 28.9 Å². The SMILES string of the molecule is COc1cccc(-c2c(Br)noc2N)c1. The smallest absolute Gasteiger partial charge is 0.231 e. The Morgan fingerprint density at radius 1 is 1.47 bits per heavy atom. The molecule has 0 radical (unpaired) electrons. The van der Waals surface area contributed by atoms with Gasteiger partial charge in [0, 0.05) is 0 Å². The Morgan fingerprint density at radius 3 is 2.87 bits per heavy atom. The van der Waals surface area contributed by atoms with Gasteiger partial charge in [0.15, 0.2) is 4.60 Å². The molecule has 4 nitrogen and oxygen atoms in total. The van der Waals surface area contributed by atoms with E-state index in [0.29, 0.717) is 4.60 Å². The second-order valence-electron chi connectivity index (χ2n) is 2.94. The first-order chi connectivity index (χ1) is 7.22. The Labute approximate surface area is 95.1 Å². The number of aromatic nitrogens is 1. The molecule has 0 amide bonds. The van der Waals surface area contributed by atoms with Crippen LogP contribution in [0.1, 0.15) is 0 Å². The van der Waals surface area contributed by atoms with Gasteiger partial charge < -0.3 is 15.0 Å². The van der Waals surface area contributed by atoms with E-state index < -0.39 is 0 Å². The number of hydrogen-bond acceptors (Lipinski definition) is 4. The number of benzene rings is 1. The third kappa shape index (κ3) is 1.83. The Morgan fingerprint density at radius 2 is 2.27 bits per heavy atom. The van der Waals surface area contributed by atoms with Gasteiger partial charge in [0.25, 0.3) is 0 Å². The van der Waals surface area contributed by atoms with Crippen LogP contribution in [0.5, 0.6) is 5.75 Å². The molecular weight excluding hydrogens is 260 g/mol. The fourth-order valence-corrected chi connectivity index (χ4v) is 1.82. The summed E-state index contributed by atoms with van der Waals surface area (Å²) in [6, 6.07) is 7.53. The fourth-order valence-electron chi connectivity index (χ4n) is 1.32. The summed E-state index contributed by atoms with van der Waals surface area (Å²) in [6.45, 7) is 0. The third-order valence-electron chi connectivity index (χ3n) is 2.04. The molecule has 0 unspecified atom stereocenters. The number of halogens is 1. The van der Waals surface area contributed by atoms with Crippen LogP contribution in [0.4, 0.5) is 5.88 Å². The minimum atomic E-state index is 0.287. The van der Waals surface area contributed by atoms with Crippen molar-refractivity contribution in [3.8, 4) is 16.9 Å². The molecule has 1 aromatic heterocycles. The molecule has 1 heterocycles. The van der Waals surface area contributed by atoms with Crippen LogP contribution in [0.25, 0.3) is 11.1 Å². The third-order valence-corrected chi connectivity index (χ3v) is 2.58. The standard InChI is InChI=1S/C10H9BrN2O2/c1-14-7-4-2-3-6(5-7)8-9(11)13-15-10(8)12/h2-5H,12H2,1H3. The number of ether oxygens (including phenoxy) is 1. The van der Waals surface area contributed by atoms with Gasteiger partial charge in [0.05, 0.1) is 12.7 Å². The minimum Gasteiger partial charge on any atom is -0.497 e. The molecule has 0 saturated carbocycles. The molecular formula is C10H9BrN2O2. The van der Waals surface area contributed by atoms with E-state index in [-0.39, 0.29) is 5.88 Å². The van der Waals surface area contributed by atoms with E-state index in [4.69, 9.17) is 15.0 Å². The number of rotatable bonds is 2. The van der Waals surface area contributed by atoms with Crippen molar-refractivity contribution < 1.29 is 9.26 Å². The van der Waals surface area contributed by atoms with Crippen molar-refractivity contribution in [2.75, 3.05) is 12.8 Å². The normalized spacial score (nSPS) is 10.3. The van der Waals surface area contributed by atoms with Crippen LogP contribution in [-0.4, -0.2) is 12.3 Å². The summed E-state index contributed by atoms with van der Waals surface area (Å²) in [5, 5.41) is 3.72. The molecule has 0 atom stereocenters. The number of methoxy groups -OCH3 is 1. The summed E-state index contributed by atoms with van der Waals surface area (Å²) in [4.78, 5) is 0. The molecule has 15 heavy (non-hydrogen) atoms. The second kappa shape index (κ2) is 3.94. The van der Waals surface area contributed by atoms with Gasteiger partial charge >= 0.3 is 0 Å². The van der Waals surface area contributed by atoms with Crippen LogP contribution in [0.3, 0.4) is 0 Å². The Hall–Kier alpha value is -1.49. The monoisotopic (exact) mass is 268 g/mol. The zero-order valence-electron chi connectivity index (χ0n) is 8.03. The van der Waals surface area contributed by atoms with Gasteiger partial charge in [0.1, 0.15) is 5.75 Å². The van der Waals surface area contributed by atoms with E-state index in [9.17, 15) is 0 Å². The van der Waals surface area contributed by atoms with E-state index in [1.807, 2.05) is 24.3 Å². The Bertz CT molecular complexity index is 463. The molecule has 0 fully saturated rings. The number of anilines is 1. The lowest BCUT2D eigenvalue weighted by Gasteiger charge is -2.02. The summed E-state index contributed by atoms with van der Waals surface area (Å²) in [5.74, 6) is 1.05. The van der Waals surface area contributed by atoms with Gasteiger partial charge in [-0.25, -0.2) is 0 Å². The lowest BCUT2D eigenvalue weighted by Crippen LogP contribution is -1.87. The van der Waals surface area contributed by atoms with Gasteiger partial charge in [0.2, 0.25) is 5.88 Å². The lowest BCUT2D eigenvalue weighted by molar-refractivity contribution is 0.415. The van der Waals surface area contributed by atoms with Crippen LogP contribution in [0.15, 0.2) is 33.4 Å². The first-order valence-electron chi connectivity index (χ1n) is 4.27. The first-order valence-corrected chi connectivity index (χ1v) is 5.06. The van der Waals surface area contributed by atoms with Crippen molar-refractivity contribution in [2.24, 2.45) is 0 Å². The number of nitrogen functional groups attached to an aromatic ring is 1. The minimum absolute atomic E-state index is 0.287. The maximum absolute atomic E-state index is 5.66. The van der Waals surface area contributed by atoms with E-state index in [1.54, 1.807) is 7.11 Å². The predicted octanol–water partition coefficient (Wildman–Crippen LogP) is 2.69. The average molecular weight is 269 g/mol. The molecule has 0 saturated heterocycles. The molecule has 2 rings (SSSR count). The second-order valence-corrected chi connectivity index (χ2v) is 3.70. The van der Waals surface area contributed by atoms with Crippen molar-refractivity contribution in [3.63, 3.8) is 0 Å². The molecule has 78 valence electrons. The molecule has 1 aromatic carbocycles. The number of nitrogens with zero attached hydrogens (tertiary/aromatic N) is 1. The highest BCUT2D eigenvalue weighted by Gasteiger charge is 2.13. The summed E-state index contributed by atoms with van der Waals surface area (Å²) >= 11 is 3.27. The number of hydrogen-bond donors (Lipinski definition) is 1. The molecule has 2 aromatic rings. The molecule has 0 aliphatic rings. The topological polar surface area (TPSA) is 61.3 Å². The highest BCUT2D eigenvalue weighted by Crippen LogP contribution is 2.34. The Balaban J connectivity index is 2.53. The first kappa shape index (κ1) is 10.0. The summed E-state index contributed by atoms with van der Waals surface area (Å²) in [5.41, 5.74) is 7.31. The van der Waals surface area contributed by atoms with Crippen molar-refractivity contribution in [1.82, 2.24) is 5.16 Å². The van der Waals surface area contributed by atoms with E-state index in [2.05, 4.69) is 21.1 Å². The number of nitrogens with two attached hydrogens (primary N) is 1. The molecule has 2 N–H and O–H groups in total. The van der Waals surface area contributed by atoms with Crippen LogP contribution < -0.4 is 10.5 Å². The summed E-state index contributed by atoms with van der Waals surface area (Å²) in [6.07, 6.45) is 0. The zero-order valence-corrected chi connectivity index (χ0v) is 9.61. The van der Waals surface area contributed by atoms with Crippen LogP contribution in [0, 0.1) is 0 Å². The maximum atomic E-state index is 5.66. The van der Waals surface area contributed by atoms with Crippen LogP contribution in [-0.2, 0) is 0 Å². The largest absolute Gasteiger partial charge is 0.497 e. The molecule has 5 heteroatoms. The molecule has 0 aliphatic carbocycles. The molecule has 0 bridgehead atoms. The van der Waals surface area contributed by atoms with Crippen LogP contribution in [0.2, 0.25) is 0 Å². The quantitative estimate of drug-likeness (QED) is 0.910. The van der Waals surface area contributed by atoms with Gasteiger partial charge in [-0.1, -0.05) is 17.3 Å². The van der Waals surface area contributed by atoms with E-state index in [1.165, 1.54) is 0 Å². The van der Waals surface area contributed by atoms with Gasteiger partial charge in [-0.3, -0.25) is 0 Å². The predicted molar refractivity (Wildman–Crippen MR) is 60.6 cm³/mol. The van der Waals surface area contributed by atoms with E-state index >= 15 is 0 Å². The average Bonchev–Trinajstić information content (AvgIpc) is 2.59. The summed E-state index contributed by atoms with van der Waals surface area (Å²) < 4.78 is 10.6. The van der Waals surface area contributed by atoms with Crippen LogP contribution >= 0.6 is 15.9 Å². The molecule has 0 spiro atoms. The zero-order chi connectivity index (χ0) is 10.8. The highest BCUT2D eigenvalue weighted by atomic mass is 79.9. The Kier molecular flexibility index (Phi) is 2.64. The van der Waals surface area contributed by atoms with Crippen molar-refractivity contribution >= 4 is 21.8 Å². The van der Waals surface area contributed by atoms with Crippen molar-refractivity contribution in [1.29, 1.82) is 0 Å². The molecule has 0 aliphatic heterocycles. The highest BCUT2D eigenvalue weighted by molar-refractivity contribution is 9.10. The summed E-state index contributed by atoms with van der Waals surface area (Å²) in [7, 11) is 1.62.